The van der Waals surface area contributed by atoms with E-state index in [1.807, 2.05) is 0 Å². The van der Waals surface area contributed by atoms with Crippen molar-refractivity contribution in [1.29, 1.82) is 0 Å². The van der Waals surface area contributed by atoms with E-state index in [4.69, 9.17) is 10.5 Å². The summed E-state index contributed by atoms with van der Waals surface area (Å²) in [4.78, 5) is 10.0. The molecule has 0 radical (unpaired) electrons. The number of carbonyl (C=O) groups excluding carboxylic acids is 1. The molecule has 0 saturated heterocycles. The topological polar surface area (TPSA) is 79.4 Å². The Bertz CT molecular complexity index is 438. The Kier molecular flexibility index (Phi) is 5.29. The Hall–Kier alpha value is -1.86. The molecule has 1 aromatic heterocycles. The first-order valence-electron chi connectivity index (χ1n) is 6.16. The maximum Gasteiger partial charge on any atom is 0.405 e. The maximum absolute atomic E-state index is 12.1. The van der Waals surface area contributed by atoms with Gasteiger partial charge in [0.2, 0.25) is 5.88 Å². The zero-order chi connectivity index (χ0) is 15.3. The van der Waals surface area contributed by atoms with Gasteiger partial charge in [-0.05, 0) is 20.8 Å². The first kappa shape index (κ1) is 16.2. The van der Waals surface area contributed by atoms with Crippen molar-refractivity contribution in [2.45, 2.75) is 45.8 Å². The van der Waals surface area contributed by atoms with E-state index in [1.165, 1.54) is 10.7 Å². The first-order chi connectivity index (χ1) is 9.19. The second kappa shape index (κ2) is 6.53. The number of fused-ring (bicyclic) bond motifs is 1. The van der Waals surface area contributed by atoms with Gasteiger partial charge in [0, 0.05) is 20.5 Å². The van der Waals surface area contributed by atoms with E-state index < -0.39 is 18.1 Å². The molecule has 8 heteroatoms. The van der Waals surface area contributed by atoms with Gasteiger partial charge < -0.3 is 15.2 Å². The highest BCUT2D eigenvalue weighted by Gasteiger charge is 2.18. The van der Waals surface area contributed by atoms with Crippen LogP contribution in [-0.4, -0.2) is 28.1 Å². The van der Waals surface area contributed by atoms with Crippen molar-refractivity contribution in [1.82, 2.24) is 9.78 Å². The summed E-state index contributed by atoms with van der Waals surface area (Å²) in [7, 11) is 0. The largest absolute Gasteiger partial charge is 0.478 e. The van der Waals surface area contributed by atoms with Crippen LogP contribution in [0.2, 0.25) is 0 Å². The highest BCUT2D eigenvalue weighted by Crippen LogP contribution is 2.24. The Morgan fingerprint density at radius 1 is 1.60 bits per heavy atom. The number of halogens is 2. The third-order valence-corrected chi connectivity index (χ3v) is 2.16. The molecule has 0 atom stereocenters. The fraction of sp³-hybridized carbons (Fsp3) is 0.667. The van der Waals surface area contributed by atoms with Crippen molar-refractivity contribution < 1.29 is 24.5 Å². The predicted molar refractivity (Wildman–Crippen MR) is 69.8 cm³/mol. The second-order valence-electron chi connectivity index (χ2n) is 5.17. The van der Waals surface area contributed by atoms with Gasteiger partial charge in [0.25, 0.3) is 6.43 Å². The lowest BCUT2D eigenvalue weighted by molar-refractivity contribution is 0.0600. The summed E-state index contributed by atoms with van der Waals surface area (Å²) < 4.78 is 35.4. The molecule has 6 nitrogen and oxygen atoms in total. The fourth-order valence-corrected chi connectivity index (χ4v) is 1.49. The Morgan fingerprint density at radius 3 is 2.65 bits per heavy atom. The summed E-state index contributed by atoms with van der Waals surface area (Å²) in [6.07, 6.45) is -2.40. The summed E-state index contributed by atoms with van der Waals surface area (Å²) in [6, 6.07) is 1.30. The number of hydrogen-bond donors (Lipinski definition) is 1. The van der Waals surface area contributed by atoms with Crippen molar-refractivity contribution in [3.63, 3.8) is 0 Å². The Labute approximate surface area is 117 Å². The quantitative estimate of drug-likeness (QED) is 0.863. The number of aromatic nitrogens is 2. The standard InChI is InChI=1S/C7H8F2N2O.C5H11NO2.H2/c8-7(9)5-4-6-11(10-5)2-1-3-12-6;1-5(2,3)8-4(6)7;/h4,7H,1-3H2;1-3H3,(H2,6,7);1H. The molecule has 0 saturated carbocycles. The number of nitrogens with zero attached hydrogens (tertiary/aromatic N) is 2. The number of carbonyl (C=O) groups is 1. The van der Waals surface area contributed by atoms with Crippen LogP contribution in [0.25, 0.3) is 0 Å². The number of ether oxygens (including phenoxy) is 2. The van der Waals surface area contributed by atoms with E-state index in [0.717, 1.165) is 6.42 Å². The summed E-state index contributed by atoms with van der Waals surface area (Å²) >= 11 is 0. The molecule has 2 N–H and O–H groups in total. The average molecular weight is 293 g/mol. The smallest absolute Gasteiger partial charge is 0.405 e. The molecular formula is C12H21F2N3O3. The molecule has 2 heterocycles. The van der Waals surface area contributed by atoms with Crippen molar-refractivity contribution in [2.75, 3.05) is 6.61 Å². The third-order valence-electron chi connectivity index (χ3n) is 2.16. The number of nitrogens with two attached hydrogens (primary N) is 1. The van der Waals surface area contributed by atoms with Crippen LogP contribution in [0, 0.1) is 0 Å². The minimum absolute atomic E-state index is 0. The van der Waals surface area contributed by atoms with Crippen LogP contribution >= 0.6 is 0 Å². The first-order valence-corrected chi connectivity index (χ1v) is 6.16. The molecular weight excluding hydrogens is 272 g/mol. The zero-order valence-corrected chi connectivity index (χ0v) is 11.7. The SMILES string of the molecule is CC(C)(C)OC(N)=O.FC(F)c1cc2n(n1)CCCO2.[HH]. The number of amides is 1. The van der Waals surface area contributed by atoms with Crippen molar-refractivity contribution in [3.05, 3.63) is 11.8 Å². The lowest BCUT2D eigenvalue weighted by Crippen LogP contribution is -2.27. The van der Waals surface area contributed by atoms with Crippen molar-refractivity contribution in [3.8, 4) is 5.88 Å². The minimum atomic E-state index is -2.51. The number of hydrogen-bond acceptors (Lipinski definition) is 4. The van der Waals surface area contributed by atoms with E-state index in [0.29, 0.717) is 19.0 Å². The molecule has 2 rings (SSSR count). The fourth-order valence-electron chi connectivity index (χ4n) is 1.49. The van der Waals surface area contributed by atoms with Crippen LogP contribution in [0.15, 0.2) is 6.07 Å². The van der Waals surface area contributed by atoms with Gasteiger partial charge in [-0.25, -0.2) is 18.3 Å². The molecule has 0 spiro atoms. The molecule has 1 amide bonds. The van der Waals surface area contributed by atoms with Crippen LogP contribution < -0.4 is 10.5 Å². The predicted octanol–water partition coefficient (Wildman–Crippen LogP) is 2.73. The van der Waals surface area contributed by atoms with Crippen LogP contribution in [0.3, 0.4) is 0 Å². The molecule has 0 unspecified atom stereocenters. The van der Waals surface area contributed by atoms with Gasteiger partial charge in [0.15, 0.2) is 0 Å². The van der Waals surface area contributed by atoms with Gasteiger partial charge in [-0.1, -0.05) is 0 Å². The van der Waals surface area contributed by atoms with Gasteiger partial charge in [-0.2, -0.15) is 5.10 Å². The van der Waals surface area contributed by atoms with Crippen molar-refractivity contribution in [2.24, 2.45) is 5.73 Å². The van der Waals surface area contributed by atoms with E-state index >= 15 is 0 Å². The molecule has 1 aromatic rings. The highest BCUT2D eigenvalue weighted by molar-refractivity contribution is 5.65. The summed E-state index contributed by atoms with van der Waals surface area (Å²) in [6.45, 7) is 6.55. The van der Waals surface area contributed by atoms with Gasteiger partial charge in [-0.3, -0.25) is 0 Å². The lowest BCUT2D eigenvalue weighted by atomic mass is 10.2. The minimum Gasteiger partial charge on any atom is -0.478 e. The number of alkyl halides is 2. The molecule has 116 valence electrons. The number of aryl methyl sites for hydroxylation is 1. The van der Waals surface area contributed by atoms with Gasteiger partial charge in [0.1, 0.15) is 11.3 Å². The molecule has 0 aliphatic carbocycles. The van der Waals surface area contributed by atoms with Gasteiger partial charge in [0.05, 0.1) is 6.61 Å². The van der Waals surface area contributed by atoms with E-state index in [9.17, 15) is 13.6 Å². The molecule has 0 aromatic carbocycles. The van der Waals surface area contributed by atoms with Gasteiger partial charge in [-0.15, -0.1) is 0 Å². The maximum atomic E-state index is 12.1. The van der Waals surface area contributed by atoms with Crippen LogP contribution in [-0.2, 0) is 11.3 Å². The zero-order valence-electron chi connectivity index (χ0n) is 11.7. The van der Waals surface area contributed by atoms with Crippen molar-refractivity contribution >= 4 is 6.09 Å². The second-order valence-corrected chi connectivity index (χ2v) is 5.17. The third kappa shape index (κ3) is 5.41. The van der Waals surface area contributed by atoms with Crippen LogP contribution in [0.5, 0.6) is 5.88 Å². The Balaban J connectivity index is 0.000000397. The molecule has 1 aliphatic rings. The number of primary amides is 1. The summed E-state index contributed by atoms with van der Waals surface area (Å²) in [5.41, 5.74) is 4.06. The molecule has 20 heavy (non-hydrogen) atoms. The molecule has 0 fully saturated rings. The molecule has 1 aliphatic heterocycles. The summed E-state index contributed by atoms with van der Waals surface area (Å²) in [5.74, 6) is 0.455. The van der Waals surface area contributed by atoms with Crippen LogP contribution in [0.1, 0.15) is 40.7 Å². The van der Waals surface area contributed by atoms with Crippen LogP contribution in [0.4, 0.5) is 13.6 Å². The average Bonchev–Trinajstić information content (AvgIpc) is 2.69. The number of rotatable bonds is 1. The summed E-state index contributed by atoms with van der Waals surface area (Å²) in [5, 5.41) is 3.69. The molecule has 0 bridgehead atoms. The lowest BCUT2D eigenvalue weighted by Gasteiger charge is -2.16. The van der Waals surface area contributed by atoms with E-state index in [1.54, 1.807) is 20.8 Å². The van der Waals surface area contributed by atoms with E-state index in [2.05, 4.69) is 9.84 Å². The van der Waals surface area contributed by atoms with Gasteiger partial charge >= 0.3 is 6.09 Å². The normalized spacial score (nSPS) is 13.9. The monoisotopic (exact) mass is 293 g/mol. The Morgan fingerprint density at radius 2 is 2.25 bits per heavy atom. The van der Waals surface area contributed by atoms with E-state index in [-0.39, 0.29) is 7.12 Å². The highest BCUT2D eigenvalue weighted by atomic mass is 19.3.